The molecule has 0 aliphatic carbocycles. The Hall–Kier alpha value is -1.81. The van der Waals surface area contributed by atoms with E-state index in [4.69, 9.17) is 0 Å². The SMILES string of the molecule is CCNCc1ccc(F)cc1-c1c(F)ccc(C)c1F. The summed E-state index contributed by atoms with van der Waals surface area (Å²) in [5.74, 6) is -1.84. The summed E-state index contributed by atoms with van der Waals surface area (Å²) < 4.78 is 41.6. The average molecular weight is 279 g/mol. The van der Waals surface area contributed by atoms with Crippen molar-refractivity contribution in [3.8, 4) is 11.1 Å². The summed E-state index contributed by atoms with van der Waals surface area (Å²) in [5, 5.41) is 3.08. The minimum atomic E-state index is -0.684. The van der Waals surface area contributed by atoms with E-state index < -0.39 is 17.5 Å². The highest BCUT2D eigenvalue weighted by Crippen LogP contribution is 2.31. The summed E-state index contributed by atoms with van der Waals surface area (Å²) >= 11 is 0. The first-order valence-corrected chi connectivity index (χ1v) is 6.48. The van der Waals surface area contributed by atoms with Crippen molar-refractivity contribution < 1.29 is 13.2 Å². The molecule has 0 unspecified atom stereocenters. The second-order valence-corrected chi connectivity index (χ2v) is 4.64. The Morgan fingerprint density at radius 2 is 1.80 bits per heavy atom. The molecular weight excluding hydrogens is 263 g/mol. The molecule has 1 nitrogen and oxygen atoms in total. The number of rotatable bonds is 4. The van der Waals surface area contributed by atoms with Crippen LogP contribution >= 0.6 is 0 Å². The van der Waals surface area contributed by atoms with Gasteiger partial charge in [-0.3, -0.25) is 0 Å². The minimum absolute atomic E-state index is 0.169. The highest BCUT2D eigenvalue weighted by molar-refractivity contribution is 5.69. The van der Waals surface area contributed by atoms with Crippen LogP contribution < -0.4 is 5.32 Å². The van der Waals surface area contributed by atoms with Crippen molar-refractivity contribution in [2.45, 2.75) is 20.4 Å². The quantitative estimate of drug-likeness (QED) is 0.885. The predicted molar refractivity (Wildman–Crippen MR) is 73.9 cm³/mol. The van der Waals surface area contributed by atoms with E-state index in [1.807, 2.05) is 6.92 Å². The van der Waals surface area contributed by atoms with Crippen LogP contribution in [0.5, 0.6) is 0 Å². The lowest BCUT2D eigenvalue weighted by Crippen LogP contribution is -2.13. The van der Waals surface area contributed by atoms with Gasteiger partial charge in [-0.1, -0.05) is 19.1 Å². The standard InChI is InChI=1S/C16H16F3N/c1-3-20-9-11-5-6-12(17)8-13(11)15-14(18)7-4-10(2)16(15)19/h4-8,20H,3,9H2,1-2H3. The monoisotopic (exact) mass is 279 g/mol. The highest BCUT2D eigenvalue weighted by atomic mass is 19.1. The van der Waals surface area contributed by atoms with Crippen molar-refractivity contribution in [2.24, 2.45) is 0 Å². The number of nitrogens with one attached hydrogen (secondary N) is 1. The smallest absolute Gasteiger partial charge is 0.136 e. The van der Waals surface area contributed by atoms with Gasteiger partial charge in [-0.15, -0.1) is 0 Å². The lowest BCUT2D eigenvalue weighted by molar-refractivity contribution is 0.582. The van der Waals surface area contributed by atoms with Crippen LogP contribution in [0.25, 0.3) is 11.1 Å². The second-order valence-electron chi connectivity index (χ2n) is 4.64. The first-order chi connectivity index (χ1) is 9.54. The van der Waals surface area contributed by atoms with Gasteiger partial charge >= 0.3 is 0 Å². The molecule has 0 atom stereocenters. The molecule has 0 aliphatic heterocycles. The van der Waals surface area contributed by atoms with Gasteiger partial charge in [-0.25, -0.2) is 13.2 Å². The van der Waals surface area contributed by atoms with Crippen molar-refractivity contribution in [3.63, 3.8) is 0 Å². The van der Waals surface area contributed by atoms with Crippen LogP contribution in [0.3, 0.4) is 0 Å². The van der Waals surface area contributed by atoms with E-state index in [0.717, 1.165) is 6.54 Å². The largest absolute Gasteiger partial charge is 0.313 e. The maximum absolute atomic E-state index is 14.2. The van der Waals surface area contributed by atoms with E-state index in [2.05, 4.69) is 5.32 Å². The van der Waals surface area contributed by atoms with Crippen LogP contribution in [-0.2, 0) is 6.54 Å². The molecule has 0 saturated carbocycles. The fourth-order valence-electron chi connectivity index (χ4n) is 2.10. The minimum Gasteiger partial charge on any atom is -0.313 e. The van der Waals surface area contributed by atoms with Crippen LogP contribution in [0, 0.1) is 24.4 Å². The van der Waals surface area contributed by atoms with Gasteiger partial charge in [0.15, 0.2) is 0 Å². The van der Waals surface area contributed by atoms with E-state index >= 15 is 0 Å². The summed E-state index contributed by atoms with van der Waals surface area (Å²) in [7, 11) is 0. The summed E-state index contributed by atoms with van der Waals surface area (Å²) in [4.78, 5) is 0. The van der Waals surface area contributed by atoms with E-state index in [1.54, 1.807) is 13.0 Å². The predicted octanol–water partition coefficient (Wildman–Crippen LogP) is 4.19. The molecular formula is C16H16F3N. The van der Waals surface area contributed by atoms with Gasteiger partial charge in [0.25, 0.3) is 0 Å². The van der Waals surface area contributed by atoms with Gasteiger partial charge in [0.05, 0.1) is 5.56 Å². The Morgan fingerprint density at radius 3 is 2.50 bits per heavy atom. The van der Waals surface area contributed by atoms with Gasteiger partial charge in [0.1, 0.15) is 17.5 Å². The third-order valence-electron chi connectivity index (χ3n) is 3.19. The molecule has 0 fully saturated rings. The fraction of sp³-hybridized carbons (Fsp3) is 0.250. The van der Waals surface area contributed by atoms with E-state index in [9.17, 15) is 13.2 Å². The zero-order chi connectivity index (χ0) is 14.7. The summed E-state index contributed by atoms with van der Waals surface area (Å²) in [6.45, 7) is 4.63. The van der Waals surface area contributed by atoms with E-state index in [1.165, 1.54) is 24.3 Å². The zero-order valence-electron chi connectivity index (χ0n) is 11.4. The molecule has 2 rings (SSSR count). The zero-order valence-corrected chi connectivity index (χ0v) is 11.4. The third kappa shape index (κ3) is 2.85. The van der Waals surface area contributed by atoms with E-state index in [-0.39, 0.29) is 11.1 Å². The number of aryl methyl sites for hydroxylation is 1. The second kappa shape index (κ2) is 6.09. The molecule has 0 heterocycles. The first-order valence-electron chi connectivity index (χ1n) is 6.48. The third-order valence-corrected chi connectivity index (χ3v) is 3.19. The Balaban J connectivity index is 2.62. The van der Waals surface area contributed by atoms with Crippen molar-refractivity contribution in [2.75, 3.05) is 6.54 Å². The molecule has 1 N–H and O–H groups in total. The molecule has 2 aromatic rings. The molecule has 0 amide bonds. The Morgan fingerprint density at radius 1 is 1.05 bits per heavy atom. The summed E-state index contributed by atoms with van der Waals surface area (Å²) in [5.41, 5.74) is 1.08. The normalized spacial score (nSPS) is 10.8. The maximum atomic E-state index is 14.2. The van der Waals surface area contributed by atoms with E-state index in [0.29, 0.717) is 17.7 Å². The highest BCUT2D eigenvalue weighted by Gasteiger charge is 2.17. The molecule has 2 aromatic carbocycles. The van der Waals surface area contributed by atoms with Crippen molar-refractivity contribution >= 4 is 0 Å². The number of benzene rings is 2. The average Bonchev–Trinajstić information content (AvgIpc) is 2.42. The van der Waals surface area contributed by atoms with Crippen LogP contribution in [0.15, 0.2) is 30.3 Å². The van der Waals surface area contributed by atoms with Crippen LogP contribution in [0.2, 0.25) is 0 Å². The Labute approximate surface area is 116 Å². The topological polar surface area (TPSA) is 12.0 Å². The summed E-state index contributed by atoms with van der Waals surface area (Å²) in [6, 6.07) is 6.59. The number of hydrogen-bond acceptors (Lipinski definition) is 1. The van der Waals surface area contributed by atoms with Crippen molar-refractivity contribution in [1.82, 2.24) is 5.32 Å². The molecule has 20 heavy (non-hydrogen) atoms. The molecule has 0 aromatic heterocycles. The van der Waals surface area contributed by atoms with Crippen LogP contribution in [0.4, 0.5) is 13.2 Å². The van der Waals surface area contributed by atoms with Gasteiger partial charge in [-0.2, -0.15) is 0 Å². The van der Waals surface area contributed by atoms with Crippen LogP contribution in [-0.4, -0.2) is 6.54 Å². The molecule has 0 saturated heterocycles. The van der Waals surface area contributed by atoms with Crippen molar-refractivity contribution in [3.05, 3.63) is 58.9 Å². The molecule has 0 bridgehead atoms. The number of hydrogen-bond donors (Lipinski definition) is 1. The lowest BCUT2D eigenvalue weighted by Gasteiger charge is -2.13. The first kappa shape index (κ1) is 14.6. The molecule has 0 radical (unpaired) electrons. The van der Waals surface area contributed by atoms with Gasteiger partial charge in [0.2, 0.25) is 0 Å². The molecule has 106 valence electrons. The van der Waals surface area contributed by atoms with Gasteiger partial charge < -0.3 is 5.32 Å². The lowest BCUT2D eigenvalue weighted by atomic mass is 9.96. The fourth-order valence-corrected chi connectivity index (χ4v) is 2.10. The molecule has 4 heteroatoms. The Kier molecular flexibility index (Phi) is 4.45. The molecule has 0 aliphatic rings. The molecule has 0 spiro atoms. The van der Waals surface area contributed by atoms with Crippen LogP contribution in [0.1, 0.15) is 18.1 Å². The van der Waals surface area contributed by atoms with Crippen molar-refractivity contribution in [1.29, 1.82) is 0 Å². The summed E-state index contributed by atoms with van der Waals surface area (Å²) in [6.07, 6.45) is 0. The van der Waals surface area contributed by atoms with Gasteiger partial charge in [-0.05, 0) is 48.4 Å². The number of halogens is 3. The van der Waals surface area contributed by atoms with Gasteiger partial charge in [0, 0.05) is 6.54 Å². The Bertz CT molecular complexity index is 623. The maximum Gasteiger partial charge on any atom is 0.136 e.